The van der Waals surface area contributed by atoms with Crippen LogP contribution in [-0.4, -0.2) is 68.1 Å². The third-order valence-corrected chi connectivity index (χ3v) is 25.5. The lowest BCUT2D eigenvalue weighted by Crippen LogP contribution is -2.70. The molecule has 9 rings (SSSR count). The minimum Gasteiger partial charge on any atom is -0.294 e. The summed E-state index contributed by atoms with van der Waals surface area (Å²) in [5, 5.41) is 1.82. The normalized spacial score (nSPS) is 42.8. The molecule has 66 heavy (non-hydrogen) atoms. The molecule has 0 saturated heterocycles. The van der Waals surface area contributed by atoms with Gasteiger partial charge in [-0.3, -0.25) is 9.80 Å². The minimum absolute atomic E-state index is 0.455. The highest BCUT2D eigenvalue weighted by molar-refractivity contribution is 8.00. The van der Waals surface area contributed by atoms with E-state index in [0.29, 0.717) is 10.8 Å². The molecule has 2 nitrogen and oxygen atoms in total. The van der Waals surface area contributed by atoms with Gasteiger partial charge in [-0.05, 0) is 248 Å². The zero-order chi connectivity index (χ0) is 46.0. The fourth-order valence-electron chi connectivity index (χ4n) is 18.2. The van der Waals surface area contributed by atoms with Crippen molar-refractivity contribution in [2.45, 2.75) is 308 Å². The van der Waals surface area contributed by atoms with Gasteiger partial charge in [-0.1, -0.05) is 93.9 Å². The van der Waals surface area contributed by atoms with Crippen LogP contribution in [0.5, 0.6) is 0 Å². The van der Waals surface area contributed by atoms with Gasteiger partial charge in [0, 0.05) is 46.8 Å². The van der Waals surface area contributed by atoms with Gasteiger partial charge in [0.15, 0.2) is 0 Å². The van der Waals surface area contributed by atoms with E-state index >= 15 is 0 Å². The molecule has 0 aromatic heterocycles. The van der Waals surface area contributed by atoms with E-state index in [-0.39, 0.29) is 0 Å². The van der Waals surface area contributed by atoms with E-state index in [9.17, 15) is 0 Å². The van der Waals surface area contributed by atoms with Gasteiger partial charge in [-0.15, -0.1) is 0 Å². The van der Waals surface area contributed by atoms with Crippen LogP contribution < -0.4 is 0 Å². The lowest BCUT2D eigenvalue weighted by Gasteiger charge is -2.65. The highest BCUT2D eigenvalue weighted by atomic mass is 32.2. The number of rotatable bonds is 12. The Bertz CT molecular complexity index is 1310. The fraction of sp³-hybridized carbons (Fsp3) is 1.00. The molecule has 0 aliphatic heterocycles. The van der Waals surface area contributed by atoms with Gasteiger partial charge in [-0.25, -0.2) is 0 Å². The van der Waals surface area contributed by atoms with Crippen molar-refractivity contribution >= 4 is 23.5 Å². The Balaban J connectivity index is 1.10. The van der Waals surface area contributed by atoms with E-state index in [2.05, 4.69) is 88.7 Å². The molecule has 9 aliphatic rings. The maximum Gasteiger partial charge on any atom is 0.0164 e. The number of nitrogens with zero attached hydrogens (tertiary/aromatic N) is 2. The first kappa shape index (κ1) is 51.5. The molecule has 0 heterocycles. The first-order valence-electron chi connectivity index (χ1n) is 30.6. The average molecular weight is 948 g/mol. The third kappa shape index (κ3) is 12.5. The van der Waals surface area contributed by atoms with Gasteiger partial charge in [-0.2, -0.15) is 23.5 Å². The van der Waals surface area contributed by atoms with Crippen LogP contribution in [0.25, 0.3) is 0 Å². The summed E-state index contributed by atoms with van der Waals surface area (Å²) < 4.78 is 0. The third-order valence-electron chi connectivity index (χ3n) is 22.3. The van der Waals surface area contributed by atoms with Crippen LogP contribution in [0, 0.1) is 70.0 Å². The van der Waals surface area contributed by atoms with Crippen LogP contribution in [-0.2, 0) is 0 Å². The summed E-state index contributed by atoms with van der Waals surface area (Å²) in [5.41, 5.74) is 0.910. The monoisotopic (exact) mass is 947 g/mol. The molecule has 380 valence electrons. The summed E-state index contributed by atoms with van der Waals surface area (Å²) in [5.74, 6) is 12.3. The van der Waals surface area contributed by atoms with Gasteiger partial charge < -0.3 is 0 Å². The molecular formula is C62H110N2S2. The zero-order valence-electron chi connectivity index (χ0n) is 45.1. The van der Waals surface area contributed by atoms with Crippen LogP contribution in [0.4, 0.5) is 0 Å². The highest BCUT2D eigenvalue weighted by Gasteiger charge is 2.59. The Morgan fingerprint density at radius 2 is 0.667 bits per heavy atom. The second kappa shape index (κ2) is 23.2. The molecule has 0 aromatic carbocycles. The van der Waals surface area contributed by atoms with Crippen molar-refractivity contribution < 1.29 is 0 Å². The van der Waals surface area contributed by atoms with Crippen molar-refractivity contribution in [2.24, 2.45) is 70.0 Å². The predicted octanol–water partition coefficient (Wildman–Crippen LogP) is 17.9. The SMILES string of the molecule is CC1CCC(N(C2CCC(C(C)(C)C)CC2)C2C3CCC(SCC4CCCCC4)CC3C(N(C3CCC(C)CC3)C3CCC(C(C)(C)C)CC3)C3CCC(SCC4CCCCC4)CC32)CC1. The second-order valence-electron chi connectivity index (χ2n) is 28.6. The molecule has 8 atom stereocenters. The van der Waals surface area contributed by atoms with Gasteiger partial charge in [0.2, 0.25) is 0 Å². The van der Waals surface area contributed by atoms with E-state index in [0.717, 1.165) is 106 Å². The van der Waals surface area contributed by atoms with E-state index in [4.69, 9.17) is 0 Å². The maximum atomic E-state index is 3.56. The van der Waals surface area contributed by atoms with Crippen molar-refractivity contribution in [3.63, 3.8) is 0 Å². The van der Waals surface area contributed by atoms with Crippen molar-refractivity contribution in [3.8, 4) is 0 Å². The summed E-state index contributed by atoms with van der Waals surface area (Å²) in [7, 11) is 0. The first-order chi connectivity index (χ1) is 31.8. The smallest absolute Gasteiger partial charge is 0.0164 e. The maximum absolute atomic E-state index is 3.56. The summed E-state index contributed by atoms with van der Waals surface area (Å²) in [6, 6.07) is 5.05. The molecule has 4 heteroatoms. The number of hydrogen-bond donors (Lipinski definition) is 0. The molecule has 0 spiro atoms. The van der Waals surface area contributed by atoms with Crippen LogP contribution in [0.3, 0.4) is 0 Å². The van der Waals surface area contributed by atoms with Crippen molar-refractivity contribution in [1.29, 1.82) is 0 Å². The van der Waals surface area contributed by atoms with Crippen molar-refractivity contribution in [1.82, 2.24) is 9.80 Å². The first-order valence-corrected chi connectivity index (χ1v) is 32.7. The molecule has 0 bridgehead atoms. The Morgan fingerprint density at radius 3 is 0.985 bits per heavy atom. The van der Waals surface area contributed by atoms with Gasteiger partial charge in [0.05, 0.1) is 0 Å². The summed E-state index contributed by atoms with van der Waals surface area (Å²) in [6.45, 7) is 20.6. The number of thioether (sulfide) groups is 2. The molecule has 0 N–H and O–H groups in total. The standard InChI is InChI=1S/C62H110N2S2/c1-43-19-27-49(28-20-43)63(51-31-23-47(24-32-51)61(3,4)5)59-55-37-35-54(66-42-46-17-13-10-14-18-46)40-58(55)60(56-38-36-53(39-57(56)59)65-41-45-15-11-9-12-16-45)64(50-29-21-44(2)22-30-50)52-33-25-48(26-34-52)62(6,7)8/h43-60H,9-42H2,1-8H3. The molecule has 9 aliphatic carbocycles. The molecule has 9 saturated carbocycles. The molecule has 0 aromatic rings. The van der Waals surface area contributed by atoms with E-state index in [1.165, 1.54) is 191 Å². The van der Waals surface area contributed by atoms with Gasteiger partial charge in [0.25, 0.3) is 0 Å². The Morgan fingerprint density at radius 1 is 0.348 bits per heavy atom. The predicted molar refractivity (Wildman–Crippen MR) is 292 cm³/mol. The Hall–Kier alpha value is 0.620. The Kier molecular flexibility index (Phi) is 18.1. The number of hydrogen-bond acceptors (Lipinski definition) is 4. The van der Waals surface area contributed by atoms with Crippen LogP contribution in [0.2, 0.25) is 0 Å². The van der Waals surface area contributed by atoms with Gasteiger partial charge in [0.1, 0.15) is 0 Å². The number of fused-ring (bicyclic) bond motifs is 2. The zero-order valence-corrected chi connectivity index (χ0v) is 46.8. The van der Waals surface area contributed by atoms with Crippen LogP contribution in [0.1, 0.15) is 261 Å². The summed E-state index contributed by atoms with van der Waals surface area (Å²) >= 11 is 5.06. The van der Waals surface area contributed by atoms with Crippen molar-refractivity contribution in [2.75, 3.05) is 11.5 Å². The quantitative estimate of drug-likeness (QED) is 0.192. The van der Waals surface area contributed by atoms with Gasteiger partial charge >= 0.3 is 0 Å². The van der Waals surface area contributed by atoms with Crippen LogP contribution in [0.15, 0.2) is 0 Å². The Labute approximate surface area is 420 Å². The van der Waals surface area contributed by atoms with E-state index in [1.807, 2.05) is 0 Å². The topological polar surface area (TPSA) is 6.48 Å². The van der Waals surface area contributed by atoms with Crippen LogP contribution >= 0.6 is 23.5 Å². The average Bonchev–Trinajstić information content (AvgIpc) is 3.32. The fourth-order valence-corrected chi connectivity index (χ4v) is 21.3. The molecule has 0 amide bonds. The minimum atomic E-state index is 0.455. The lowest BCUT2D eigenvalue weighted by molar-refractivity contribution is -0.149. The molecule has 0 radical (unpaired) electrons. The van der Waals surface area contributed by atoms with Crippen molar-refractivity contribution in [3.05, 3.63) is 0 Å². The van der Waals surface area contributed by atoms with E-state index < -0.39 is 0 Å². The molecule has 9 fully saturated rings. The summed E-state index contributed by atoms with van der Waals surface area (Å²) in [6.07, 6.45) is 48.3. The lowest BCUT2D eigenvalue weighted by atomic mass is 9.53. The molecule has 8 unspecified atom stereocenters. The van der Waals surface area contributed by atoms with E-state index in [1.54, 1.807) is 25.7 Å². The summed E-state index contributed by atoms with van der Waals surface area (Å²) in [4.78, 5) is 7.11. The second-order valence-corrected chi connectivity index (χ2v) is 31.3. The highest BCUT2D eigenvalue weighted by Crippen LogP contribution is 2.59. The molecular weight excluding hydrogens is 837 g/mol. The largest absolute Gasteiger partial charge is 0.294 e.